The maximum Gasteiger partial charge on any atom is 0.311 e. The van der Waals surface area contributed by atoms with Crippen LogP contribution in [0.5, 0.6) is 11.5 Å². The van der Waals surface area contributed by atoms with E-state index in [0.29, 0.717) is 31.0 Å². The molecule has 6 nitrogen and oxygen atoms in total. The van der Waals surface area contributed by atoms with Gasteiger partial charge in [0.05, 0.1) is 12.5 Å². The summed E-state index contributed by atoms with van der Waals surface area (Å²) in [5, 5.41) is 9.56. The van der Waals surface area contributed by atoms with Gasteiger partial charge in [-0.25, -0.2) is 0 Å². The molecule has 0 aromatic heterocycles. The Kier molecular flexibility index (Phi) is 4.15. The number of carboxylic acid groups (broad SMARTS) is 1. The molecule has 1 aromatic rings. The number of carbonyl (C=O) groups is 2. The third-order valence-electron chi connectivity index (χ3n) is 5.05. The van der Waals surface area contributed by atoms with Crippen LogP contribution in [0.2, 0.25) is 0 Å². The molecule has 1 saturated carbocycles. The molecule has 1 heterocycles. The van der Waals surface area contributed by atoms with Gasteiger partial charge in [0.2, 0.25) is 0 Å². The second-order valence-electron chi connectivity index (χ2n) is 6.29. The molecule has 1 aromatic carbocycles. The van der Waals surface area contributed by atoms with Crippen LogP contribution in [0.25, 0.3) is 0 Å². The number of hydrogen-bond acceptors (Lipinski definition) is 4. The van der Waals surface area contributed by atoms with Crippen molar-refractivity contribution in [3.63, 3.8) is 0 Å². The average molecular weight is 319 g/mol. The maximum absolute atomic E-state index is 12.3. The zero-order chi connectivity index (χ0) is 16.4. The summed E-state index contributed by atoms with van der Waals surface area (Å²) in [7, 11) is 1.57. The highest BCUT2D eigenvalue weighted by molar-refractivity contribution is 5.82. The smallest absolute Gasteiger partial charge is 0.311 e. The summed E-state index contributed by atoms with van der Waals surface area (Å²) in [6.45, 7) is 0.732. The lowest BCUT2D eigenvalue weighted by molar-refractivity contribution is -0.149. The average Bonchev–Trinajstić information content (AvgIpc) is 3.11. The Hall–Kier alpha value is -2.24. The van der Waals surface area contributed by atoms with Gasteiger partial charge >= 0.3 is 5.97 Å². The lowest BCUT2D eigenvalue weighted by Crippen LogP contribution is -2.38. The van der Waals surface area contributed by atoms with E-state index >= 15 is 0 Å². The minimum Gasteiger partial charge on any atom is -0.497 e. The van der Waals surface area contributed by atoms with Crippen molar-refractivity contribution in [1.82, 2.24) is 4.90 Å². The number of carbonyl (C=O) groups excluding carboxylic acids is 1. The molecule has 124 valence electrons. The summed E-state index contributed by atoms with van der Waals surface area (Å²) in [6, 6.07) is 7.06. The first kappa shape index (κ1) is 15.6. The van der Waals surface area contributed by atoms with Crippen molar-refractivity contribution in [3.05, 3.63) is 24.3 Å². The third-order valence-corrected chi connectivity index (χ3v) is 5.05. The van der Waals surface area contributed by atoms with Crippen LogP contribution in [0, 0.1) is 11.3 Å². The van der Waals surface area contributed by atoms with Crippen LogP contribution in [0.15, 0.2) is 24.3 Å². The number of amides is 1. The van der Waals surface area contributed by atoms with E-state index in [9.17, 15) is 14.7 Å². The van der Waals surface area contributed by atoms with E-state index in [1.807, 2.05) is 0 Å². The Morgan fingerprint density at radius 3 is 2.87 bits per heavy atom. The van der Waals surface area contributed by atoms with E-state index in [-0.39, 0.29) is 18.4 Å². The Balaban J connectivity index is 1.60. The Labute approximate surface area is 135 Å². The molecule has 1 aliphatic carbocycles. The predicted octanol–water partition coefficient (Wildman–Crippen LogP) is 1.79. The zero-order valence-corrected chi connectivity index (χ0v) is 13.2. The lowest BCUT2D eigenvalue weighted by Gasteiger charge is -2.23. The van der Waals surface area contributed by atoms with Gasteiger partial charge in [-0.05, 0) is 30.9 Å². The molecular formula is C17H21NO5. The van der Waals surface area contributed by atoms with Crippen LogP contribution in [0.3, 0.4) is 0 Å². The quantitative estimate of drug-likeness (QED) is 0.895. The van der Waals surface area contributed by atoms with Crippen LogP contribution in [0.4, 0.5) is 0 Å². The predicted molar refractivity (Wildman–Crippen MR) is 82.5 cm³/mol. The molecule has 0 spiro atoms. The molecule has 3 rings (SSSR count). The number of rotatable bonds is 5. The number of hydrogen-bond donors (Lipinski definition) is 1. The molecule has 1 amide bonds. The summed E-state index contributed by atoms with van der Waals surface area (Å²) in [5.74, 6) is 0.355. The molecule has 1 aliphatic heterocycles. The lowest BCUT2D eigenvalue weighted by atomic mass is 9.81. The maximum atomic E-state index is 12.3. The standard InChI is InChI=1S/C17H21NO5/c1-22-13-5-2-6-14(8-13)23-10-15(19)18-9-12-4-3-7-17(12,11-18)16(20)21/h2,5-6,8,12H,3-4,7,9-11H2,1H3,(H,20,21)/t12-,17+/m0/s1. The van der Waals surface area contributed by atoms with Gasteiger partial charge in [0.1, 0.15) is 11.5 Å². The highest BCUT2D eigenvalue weighted by Gasteiger charge is 2.55. The van der Waals surface area contributed by atoms with Crippen molar-refractivity contribution < 1.29 is 24.2 Å². The van der Waals surface area contributed by atoms with Crippen LogP contribution in [-0.2, 0) is 9.59 Å². The SMILES string of the molecule is COc1cccc(OCC(=O)N2C[C@@H]3CCC[C@@]3(C(=O)O)C2)c1. The highest BCUT2D eigenvalue weighted by Crippen LogP contribution is 2.48. The molecule has 1 saturated heterocycles. The van der Waals surface area contributed by atoms with E-state index in [1.54, 1.807) is 36.3 Å². The first-order valence-corrected chi connectivity index (χ1v) is 7.83. The summed E-state index contributed by atoms with van der Waals surface area (Å²) in [5.41, 5.74) is -0.744. The Morgan fingerprint density at radius 2 is 2.17 bits per heavy atom. The number of methoxy groups -OCH3 is 1. The number of nitrogens with zero attached hydrogens (tertiary/aromatic N) is 1. The molecule has 0 radical (unpaired) electrons. The molecule has 2 atom stereocenters. The second-order valence-corrected chi connectivity index (χ2v) is 6.29. The van der Waals surface area contributed by atoms with Crippen molar-refractivity contribution >= 4 is 11.9 Å². The number of benzene rings is 1. The highest BCUT2D eigenvalue weighted by atomic mass is 16.5. The largest absolute Gasteiger partial charge is 0.497 e. The number of aliphatic carboxylic acids is 1. The number of likely N-dealkylation sites (tertiary alicyclic amines) is 1. The van der Waals surface area contributed by atoms with E-state index in [0.717, 1.165) is 12.8 Å². The fraction of sp³-hybridized carbons (Fsp3) is 0.529. The first-order chi connectivity index (χ1) is 11.0. The normalized spacial score (nSPS) is 26.0. The summed E-state index contributed by atoms with van der Waals surface area (Å²) >= 11 is 0. The molecule has 0 unspecified atom stereocenters. The van der Waals surface area contributed by atoms with Gasteiger partial charge in [0, 0.05) is 19.2 Å². The minimum atomic E-state index is -0.774. The van der Waals surface area contributed by atoms with E-state index < -0.39 is 11.4 Å². The van der Waals surface area contributed by atoms with Crippen LogP contribution in [0.1, 0.15) is 19.3 Å². The molecule has 2 aliphatic rings. The van der Waals surface area contributed by atoms with Gasteiger partial charge in [0.25, 0.3) is 5.91 Å². The third kappa shape index (κ3) is 2.85. The van der Waals surface area contributed by atoms with Crippen molar-refractivity contribution in [2.75, 3.05) is 26.8 Å². The van der Waals surface area contributed by atoms with Crippen LogP contribution < -0.4 is 9.47 Å². The number of fused-ring (bicyclic) bond motifs is 1. The summed E-state index contributed by atoms with van der Waals surface area (Å²) in [6.07, 6.45) is 2.47. The van der Waals surface area contributed by atoms with Gasteiger partial charge in [-0.15, -0.1) is 0 Å². The van der Waals surface area contributed by atoms with Crippen molar-refractivity contribution in [1.29, 1.82) is 0 Å². The summed E-state index contributed by atoms with van der Waals surface area (Å²) in [4.78, 5) is 25.6. The van der Waals surface area contributed by atoms with Gasteiger partial charge in [-0.1, -0.05) is 12.5 Å². The first-order valence-electron chi connectivity index (χ1n) is 7.83. The molecular weight excluding hydrogens is 298 g/mol. The fourth-order valence-corrected chi connectivity index (χ4v) is 3.76. The second kappa shape index (κ2) is 6.10. The molecule has 6 heteroatoms. The Bertz CT molecular complexity index is 617. The Morgan fingerprint density at radius 1 is 1.39 bits per heavy atom. The molecule has 1 N–H and O–H groups in total. The van der Waals surface area contributed by atoms with E-state index in [2.05, 4.69) is 0 Å². The van der Waals surface area contributed by atoms with Crippen molar-refractivity contribution in [3.8, 4) is 11.5 Å². The topological polar surface area (TPSA) is 76.1 Å². The van der Waals surface area contributed by atoms with Gasteiger partial charge < -0.3 is 19.5 Å². The van der Waals surface area contributed by atoms with Crippen molar-refractivity contribution in [2.24, 2.45) is 11.3 Å². The molecule has 23 heavy (non-hydrogen) atoms. The summed E-state index contributed by atoms with van der Waals surface area (Å²) < 4.78 is 10.6. The van der Waals surface area contributed by atoms with E-state index in [1.165, 1.54) is 0 Å². The minimum absolute atomic E-state index is 0.0702. The van der Waals surface area contributed by atoms with E-state index in [4.69, 9.17) is 9.47 Å². The fourth-order valence-electron chi connectivity index (χ4n) is 3.76. The van der Waals surface area contributed by atoms with Gasteiger partial charge in [-0.2, -0.15) is 0 Å². The van der Waals surface area contributed by atoms with Crippen LogP contribution >= 0.6 is 0 Å². The van der Waals surface area contributed by atoms with Gasteiger partial charge in [0.15, 0.2) is 6.61 Å². The van der Waals surface area contributed by atoms with Crippen LogP contribution in [-0.4, -0.2) is 48.7 Å². The zero-order valence-electron chi connectivity index (χ0n) is 13.2. The van der Waals surface area contributed by atoms with Crippen molar-refractivity contribution in [2.45, 2.75) is 19.3 Å². The number of ether oxygens (including phenoxy) is 2. The van der Waals surface area contributed by atoms with Gasteiger partial charge in [-0.3, -0.25) is 9.59 Å². The number of carboxylic acids is 1. The molecule has 2 fully saturated rings. The molecule has 0 bridgehead atoms. The monoisotopic (exact) mass is 319 g/mol.